The van der Waals surface area contributed by atoms with Crippen molar-refractivity contribution < 1.29 is 14.2 Å². The van der Waals surface area contributed by atoms with E-state index in [1.54, 1.807) is 7.11 Å². The van der Waals surface area contributed by atoms with Crippen molar-refractivity contribution in [1.82, 2.24) is 4.57 Å². The van der Waals surface area contributed by atoms with Crippen LogP contribution in [0.15, 0.2) is 125 Å². The van der Waals surface area contributed by atoms with Gasteiger partial charge in [-0.3, -0.25) is 9.36 Å². The first-order valence-electron chi connectivity index (χ1n) is 16.2. The third-order valence-electron chi connectivity index (χ3n) is 9.11. The fourth-order valence-electron chi connectivity index (χ4n) is 6.86. The molecule has 1 aliphatic heterocycles. The van der Waals surface area contributed by atoms with Crippen molar-refractivity contribution in [1.29, 1.82) is 0 Å². The maximum atomic E-state index is 14.3. The van der Waals surface area contributed by atoms with Gasteiger partial charge in [-0.2, -0.15) is 0 Å². The minimum Gasteiger partial charge on any atom is -0.497 e. The summed E-state index contributed by atoms with van der Waals surface area (Å²) in [6.07, 6.45) is 3.67. The van der Waals surface area contributed by atoms with E-state index in [-0.39, 0.29) is 11.6 Å². The quantitative estimate of drug-likeness (QED) is 0.172. The summed E-state index contributed by atoms with van der Waals surface area (Å²) >= 11 is 1.42. The largest absolute Gasteiger partial charge is 0.497 e. The number of aryl methyl sites for hydroxylation is 1. The molecule has 5 aromatic carbocycles. The SMILES string of the molecule is CCOc1cc(/C=c2\sc3n(c2=O)[C@H](c2cccc(OC)c2)C2=C(N=3)c3ccccc3CC2)ccc1OCc1cccc2ccccc12. The van der Waals surface area contributed by atoms with Crippen LogP contribution < -0.4 is 29.1 Å². The van der Waals surface area contributed by atoms with Gasteiger partial charge in [-0.25, -0.2) is 4.99 Å². The molecule has 0 bridgehead atoms. The first-order valence-corrected chi connectivity index (χ1v) is 17.1. The lowest BCUT2D eigenvalue weighted by Gasteiger charge is -2.31. The number of rotatable bonds is 8. The van der Waals surface area contributed by atoms with Crippen molar-refractivity contribution in [3.63, 3.8) is 0 Å². The molecule has 6 nitrogen and oxygen atoms in total. The fraction of sp³-hybridized carbons (Fsp3) is 0.171. The van der Waals surface area contributed by atoms with E-state index in [0.717, 1.165) is 52.1 Å². The highest BCUT2D eigenvalue weighted by atomic mass is 32.1. The molecule has 0 N–H and O–H groups in total. The van der Waals surface area contributed by atoms with Crippen molar-refractivity contribution in [2.24, 2.45) is 4.99 Å². The Kier molecular flexibility index (Phi) is 7.90. The third kappa shape index (κ3) is 5.40. The molecule has 48 heavy (non-hydrogen) atoms. The molecule has 0 unspecified atom stereocenters. The molecule has 6 aromatic rings. The predicted molar refractivity (Wildman–Crippen MR) is 192 cm³/mol. The smallest absolute Gasteiger partial charge is 0.271 e. The first-order chi connectivity index (χ1) is 23.6. The van der Waals surface area contributed by atoms with Crippen LogP contribution in [0.1, 0.15) is 47.2 Å². The van der Waals surface area contributed by atoms with Gasteiger partial charge in [0, 0.05) is 5.56 Å². The van der Waals surface area contributed by atoms with Gasteiger partial charge in [0.15, 0.2) is 16.3 Å². The Hall–Kier alpha value is -5.40. The molecule has 1 atom stereocenters. The third-order valence-corrected chi connectivity index (χ3v) is 10.1. The lowest BCUT2D eigenvalue weighted by Crippen LogP contribution is -2.38. The summed E-state index contributed by atoms with van der Waals surface area (Å²) in [6, 6.07) is 36.6. The number of thiazole rings is 1. The minimum absolute atomic E-state index is 0.0637. The second kappa shape index (κ2) is 12.7. The van der Waals surface area contributed by atoms with Crippen LogP contribution in [0.4, 0.5) is 0 Å². The van der Waals surface area contributed by atoms with Gasteiger partial charge < -0.3 is 14.2 Å². The zero-order valence-electron chi connectivity index (χ0n) is 26.8. The molecule has 0 saturated heterocycles. The van der Waals surface area contributed by atoms with Crippen LogP contribution in [-0.2, 0) is 13.0 Å². The van der Waals surface area contributed by atoms with Crippen LogP contribution >= 0.6 is 11.3 Å². The van der Waals surface area contributed by atoms with E-state index in [9.17, 15) is 4.79 Å². The van der Waals surface area contributed by atoms with Gasteiger partial charge in [0.1, 0.15) is 12.4 Å². The Bertz CT molecular complexity index is 2400. The van der Waals surface area contributed by atoms with Gasteiger partial charge in [0.25, 0.3) is 5.56 Å². The average Bonchev–Trinajstić information content (AvgIpc) is 3.44. The van der Waals surface area contributed by atoms with E-state index < -0.39 is 0 Å². The maximum absolute atomic E-state index is 14.3. The van der Waals surface area contributed by atoms with Gasteiger partial charge >= 0.3 is 0 Å². The summed E-state index contributed by atoms with van der Waals surface area (Å²) in [6.45, 7) is 2.86. The standard InChI is InChI=1S/C41H34N2O4S/c1-3-46-36-22-26(18-21-35(36)47-25-30-14-8-12-27-10-4-6-16-32(27)30)23-37-40(44)43-39(29-13-9-15-31(24-29)45-2)34-20-19-28-11-5-7-17-33(28)38(34)42-41(43)48-37/h4-18,21-24,39H,3,19-20,25H2,1-2H3/b37-23-/t39-/m1/s1. The zero-order valence-corrected chi connectivity index (χ0v) is 27.6. The molecule has 2 aliphatic rings. The molecule has 7 heteroatoms. The minimum atomic E-state index is -0.273. The summed E-state index contributed by atoms with van der Waals surface area (Å²) in [5.74, 6) is 2.06. The molecule has 0 fully saturated rings. The summed E-state index contributed by atoms with van der Waals surface area (Å²) in [4.78, 5) is 20.1. The Morgan fingerprint density at radius 3 is 2.60 bits per heavy atom. The highest BCUT2D eigenvalue weighted by Gasteiger charge is 2.32. The van der Waals surface area contributed by atoms with E-state index in [4.69, 9.17) is 19.2 Å². The highest BCUT2D eigenvalue weighted by Crippen LogP contribution is 2.41. The van der Waals surface area contributed by atoms with Crippen molar-refractivity contribution in [2.45, 2.75) is 32.4 Å². The Morgan fingerprint density at radius 1 is 0.875 bits per heavy atom. The molecule has 0 spiro atoms. The van der Waals surface area contributed by atoms with E-state index >= 15 is 0 Å². The van der Waals surface area contributed by atoms with E-state index in [1.165, 1.54) is 27.7 Å². The van der Waals surface area contributed by atoms with Crippen molar-refractivity contribution in [2.75, 3.05) is 13.7 Å². The highest BCUT2D eigenvalue weighted by molar-refractivity contribution is 7.07. The van der Waals surface area contributed by atoms with Crippen molar-refractivity contribution >= 4 is 33.9 Å². The van der Waals surface area contributed by atoms with Crippen LogP contribution in [0.25, 0.3) is 22.5 Å². The molecule has 1 aromatic heterocycles. The molecular formula is C41H34N2O4S. The van der Waals surface area contributed by atoms with Crippen LogP contribution in [0.3, 0.4) is 0 Å². The maximum Gasteiger partial charge on any atom is 0.271 e. The molecule has 0 radical (unpaired) electrons. The number of fused-ring (bicyclic) bond motifs is 4. The van der Waals surface area contributed by atoms with Gasteiger partial charge in [-0.15, -0.1) is 0 Å². The van der Waals surface area contributed by atoms with Crippen molar-refractivity contribution in [3.05, 3.63) is 162 Å². The van der Waals surface area contributed by atoms with E-state index in [0.29, 0.717) is 34.0 Å². The number of aromatic nitrogens is 1. The molecular weight excluding hydrogens is 617 g/mol. The number of ether oxygens (including phenoxy) is 3. The number of hydrogen-bond donors (Lipinski definition) is 0. The van der Waals surface area contributed by atoms with E-state index in [2.05, 4.69) is 60.7 Å². The van der Waals surface area contributed by atoms with Crippen molar-refractivity contribution in [3.8, 4) is 17.2 Å². The average molecular weight is 651 g/mol. The molecule has 0 amide bonds. The van der Waals surface area contributed by atoms with Crippen LogP contribution in [-0.4, -0.2) is 18.3 Å². The summed E-state index contributed by atoms with van der Waals surface area (Å²) in [7, 11) is 1.67. The van der Waals surface area contributed by atoms with Crippen LogP contribution in [0.2, 0.25) is 0 Å². The number of hydrogen-bond acceptors (Lipinski definition) is 6. The number of allylic oxidation sites excluding steroid dienone is 1. The van der Waals surface area contributed by atoms with Crippen LogP contribution in [0, 0.1) is 0 Å². The molecule has 8 rings (SSSR count). The summed E-state index contributed by atoms with van der Waals surface area (Å²) < 4.78 is 20.4. The lowest BCUT2D eigenvalue weighted by molar-refractivity contribution is 0.270. The summed E-state index contributed by atoms with van der Waals surface area (Å²) in [5, 5.41) is 2.35. The Labute approximate surface area is 282 Å². The number of benzene rings is 5. The second-order valence-electron chi connectivity index (χ2n) is 12.0. The number of methoxy groups -OCH3 is 1. The number of nitrogens with zero attached hydrogens (tertiary/aromatic N) is 2. The first kappa shape index (κ1) is 30.0. The van der Waals surface area contributed by atoms with Gasteiger partial charge in [0.05, 0.1) is 30.0 Å². The van der Waals surface area contributed by atoms with Crippen LogP contribution in [0.5, 0.6) is 17.2 Å². The fourth-order valence-corrected chi connectivity index (χ4v) is 7.86. The van der Waals surface area contributed by atoms with E-state index in [1.807, 2.05) is 66.1 Å². The van der Waals surface area contributed by atoms with Gasteiger partial charge in [-0.1, -0.05) is 96.3 Å². The monoisotopic (exact) mass is 650 g/mol. The Morgan fingerprint density at radius 2 is 1.71 bits per heavy atom. The summed E-state index contributed by atoms with van der Waals surface area (Å²) in [5.41, 5.74) is 7.47. The molecule has 2 heterocycles. The van der Waals surface area contributed by atoms with Gasteiger partial charge in [-0.05, 0) is 88.7 Å². The normalized spacial score (nSPS) is 15.4. The lowest BCUT2D eigenvalue weighted by atomic mass is 9.83. The second-order valence-corrected chi connectivity index (χ2v) is 13.0. The van der Waals surface area contributed by atoms with Gasteiger partial charge in [0.2, 0.25) is 0 Å². The predicted octanol–water partition coefficient (Wildman–Crippen LogP) is 7.46. The zero-order chi connectivity index (χ0) is 32.6. The Balaban J connectivity index is 1.20. The molecule has 0 saturated carbocycles. The topological polar surface area (TPSA) is 62.0 Å². The molecule has 238 valence electrons. The molecule has 1 aliphatic carbocycles.